The third kappa shape index (κ3) is 5.07. The number of thiazole rings is 1. The van der Waals surface area contributed by atoms with Crippen molar-refractivity contribution in [2.75, 3.05) is 0 Å². The topological polar surface area (TPSA) is 52.8 Å². The van der Waals surface area contributed by atoms with E-state index in [1.165, 1.54) is 5.56 Å². The van der Waals surface area contributed by atoms with Gasteiger partial charge in [0.2, 0.25) is 0 Å². The maximum atomic E-state index is 5.80. The van der Waals surface area contributed by atoms with E-state index in [1.807, 2.05) is 35.9 Å². The van der Waals surface area contributed by atoms with Gasteiger partial charge in [-0.1, -0.05) is 51.5 Å². The van der Waals surface area contributed by atoms with Crippen LogP contribution < -0.4 is 4.74 Å². The molecule has 148 valence electrons. The van der Waals surface area contributed by atoms with E-state index in [1.54, 1.807) is 23.1 Å². The van der Waals surface area contributed by atoms with Gasteiger partial charge >= 0.3 is 0 Å². The molecule has 0 N–H and O–H groups in total. The highest BCUT2D eigenvalue weighted by Gasteiger charge is 2.12. The van der Waals surface area contributed by atoms with Gasteiger partial charge in [0.15, 0.2) is 11.0 Å². The molecule has 0 amide bonds. The molecule has 2 aromatic heterocycles. The summed E-state index contributed by atoms with van der Waals surface area (Å²) in [5, 5.41) is 12.6. The minimum absolute atomic E-state index is 0.375. The van der Waals surface area contributed by atoms with Crippen molar-refractivity contribution in [2.45, 2.75) is 24.4 Å². The van der Waals surface area contributed by atoms with Gasteiger partial charge < -0.3 is 9.30 Å². The smallest absolute Gasteiger partial charge is 0.191 e. The Balaban J connectivity index is 1.36. The molecule has 2 heterocycles. The quantitative estimate of drug-likeness (QED) is 0.305. The van der Waals surface area contributed by atoms with Gasteiger partial charge in [0.05, 0.1) is 5.69 Å². The molecule has 0 unspecified atom stereocenters. The number of aryl methyl sites for hydroxylation is 1. The first-order chi connectivity index (χ1) is 14.1. The number of benzene rings is 2. The Hall–Kier alpha value is -2.16. The number of nitrogens with zero attached hydrogens (tertiary/aromatic N) is 4. The van der Waals surface area contributed by atoms with Gasteiger partial charge in [-0.25, -0.2) is 4.98 Å². The summed E-state index contributed by atoms with van der Waals surface area (Å²) in [6.45, 7) is 2.47. The summed E-state index contributed by atoms with van der Waals surface area (Å²) in [4.78, 5) is 4.77. The number of thioether (sulfide) groups is 1. The number of hydrogen-bond donors (Lipinski definition) is 0. The molecule has 29 heavy (non-hydrogen) atoms. The van der Waals surface area contributed by atoms with Crippen molar-refractivity contribution in [3.63, 3.8) is 0 Å². The van der Waals surface area contributed by atoms with Crippen molar-refractivity contribution in [1.29, 1.82) is 0 Å². The fourth-order valence-electron chi connectivity index (χ4n) is 2.70. The standard InChI is InChI=1S/C21H19BrN4OS2/c1-14-4-3-5-15(10-14)20-23-17(12-28-20)13-29-21-25-24-19(26(21)2)11-27-18-8-6-16(22)7-9-18/h3-10,12H,11,13H2,1-2H3. The highest BCUT2D eigenvalue weighted by Crippen LogP contribution is 2.28. The molecule has 8 heteroatoms. The Bertz CT molecular complexity index is 1110. The number of aromatic nitrogens is 4. The van der Waals surface area contributed by atoms with E-state index >= 15 is 0 Å². The molecule has 4 aromatic rings. The van der Waals surface area contributed by atoms with Crippen molar-refractivity contribution >= 4 is 39.0 Å². The minimum Gasteiger partial charge on any atom is -0.486 e. The van der Waals surface area contributed by atoms with Crippen molar-refractivity contribution in [2.24, 2.45) is 7.05 Å². The van der Waals surface area contributed by atoms with Crippen molar-refractivity contribution in [1.82, 2.24) is 19.7 Å². The lowest BCUT2D eigenvalue weighted by atomic mass is 10.1. The average Bonchev–Trinajstić information content (AvgIpc) is 3.33. The van der Waals surface area contributed by atoms with Crippen LogP contribution in [0.5, 0.6) is 5.75 Å². The van der Waals surface area contributed by atoms with Crippen LogP contribution in [0.1, 0.15) is 17.1 Å². The first kappa shape index (κ1) is 20.1. The van der Waals surface area contributed by atoms with Crippen LogP contribution in [0.25, 0.3) is 10.6 Å². The number of halogens is 1. The van der Waals surface area contributed by atoms with Crippen LogP contribution in [0.3, 0.4) is 0 Å². The Labute approximate surface area is 186 Å². The third-order valence-corrected chi connectivity index (χ3v) is 6.80. The number of ether oxygens (including phenoxy) is 1. The lowest BCUT2D eigenvalue weighted by molar-refractivity contribution is 0.290. The Morgan fingerprint density at radius 2 is 1.97 bits per heavy atom. The van der Waals surface area contributed by atoms with Gasteiger partial charge in [0.1, 0.15) is 17.4 Å². The van der Waals surface area contributed by atoms with E-state index in [-0.39, 0.29) is 0 Å². The average molecular weight is 487 g/mol. The highest BCUT2D eigenvalue weighted by molar-refractivity contribution is 9.10. The Morgan fingerprint density at radius 3 is 2.76 bits per heavy atom. The summed E-state index contributed by atoms with van der Waals surface area (Å²) in [5.74, 6) is 2.34. The van der Waals surface area contributed by atoms with Crippen LogP contribution in [0.15, 0.2) is 63.5 Å². The molecule has 2 aromatic carbocycles. The molecule has 5 nitrogen and oxygen atoms in total. The van der Waals surface area contributed by atoms with E-state index < -0.39 is 0 Å². The van der Waals surface area contributed by atoms with Crippen LogP contribution in [0, 0.1) is 6.92 Å². The first-order valence-corrected chi connectivity index (χ1v) is 11.7. The van der Waals surface area contributed by atoms with Crippen molar-refractivity contribution in [3.8, 4) is 16.3 Å². The molecule has 0 bridgehead atoms. The second-order valence-electron chi connectivity index (χ2n) is 6.50. The monoisotopic (exact) mass is 486 g/mol. The van der Waals surface area contributed by atoms with Crippen LogP contribution in [0.2, 0.25) is 0 Å². The fraction of sp³-hybridized carbons (Fsp3) is 0.190. The van der Waals surface area contributed by atoms with Gasteiger partial charge in [0.25, 0.3) is 0 Å². The van der Waals surface area contributed by atoms with Crippen LogP contribution in [-0.4, -0.2) is 19.7 Å². The van der Waals surface area contributed by atoms with Crippen LogP contribution in [0.4, 0.5) is 0 Å². The summed E-state index contributed by atoms with van der Waals surface area (Å²) >= 11 is 6.72. The summed E-state index contributed by atoms with van der Waals surface area (Å²) < 4.78 is 8.79. The maximum absolute atomic E-state index is 5.80. The number of hydrogen-bond acceptors (Lipinski definition) is 6. The third-order valence-electron chi connectivity index (χ3n) is 4.27. The molecule has 0 saturated carbocycles. The van der Waals surface area contributed by atoms with Gasteiger partial charge in [-0.3, -0.25) is 0 Å². The molecule has 0 saturated heterocycles. The lowest BCUT2D eigenvalue weighted by Gasteiger charge is -2.06. The SMILES string of the molecule is Cc1cccc(-c2nc(CSc3nnc(COc4ccc(Br)cc4)n3C)cs2)c1. The molecule has 0 radical (unpaired) electrons. The van der Waals surface area contributed by atoms with Crippen LogP contribution >= 0.6 is 39.0 Å². The molecule has 0 aliphatic rings. The first-order valence-electron chi connectivity index (χ1n) is 8.99. The molecule has 0 spiro atoms. The summed E-state index contributed by atoms with van der Waals surface area (Å²) in [6, 6.07) is 16.2. The molecule has 0 fully saturated rings. The lowest BCUT2D eigenvalue weighted by Crippen LogP contribution is -2.04. The molecule has 0 aliphatic carbocycles. The van der Waals surface area contributed by atoms with Gasteiger partial charge in [-0.15, -0.1) is 21.5 Å². The summed E-state index contributed by atoms with van der Waals surface area (Å²) in [5.41, 5.74) is 3.45. The van der Waals surface area contributed by atoms with Crippen molar-refractivity contribution < 1.29 is 4.74 Å². The predicted octanol–water partition coefficient (Wildman–Crippen LogP) is 5.88. The molecular weight excluding hydrogens is 468 g/mol. The highest BCUT2D eigenvalue weighted by atomic mass is 79.9. The van der Waals surface area contributed by atoms with Gasteiger partial charge in [-0.2, -0.15) is 0 Å². The largest absolute Gasteiger partial charge is 0.486 e. The minimum atomic E-state index is 0.375. The zero-order valence-corrected chi connectivity index (χ0v) is 19.2. The maximum Gasteiger partial charge on any atom is 0.191 e. The zero-order chi connectivity index (χ0) is 20.2. The zero-order valence-electron chi connectivity index (χ0n) is 16.0. The summed E-state index contributed by atoms with van der Waals surface area (Å²) in [7, 11) is 1.96. The van der Waals surface area contributed by atoms with Crippen molar-refractivity contribution in [3.05, 3.63) is 75.5 Å². The van der Waals surface area contributed by atoms with Gasteiger partial charge in [0, 0.05) is 28.2 Å². The van der Waals surface area contributed by atoms with E-state index in [4.69, 9.17) is 9.72 Å². The summed E-state index contributed by atoms with van der Waals surface area (Å²) in [6.07, 6.45) is 0. The normalized spacial score (nSPS) is 11.0. The van der Waals surface area contributed by atoms with Gasteiger partial charge in [-0.05, 0) is 37.3 Å². The molecule has 0 atom stereocenters. The second kappa shape index (κ2) is 9.11. The van der Waals surface area contributed by atoms with E-state index in [2.05, 4.69) is 62.7 Å². The van der Waals surface area contributed by atoms with E-state index in [0.29, 0.717) is 6.61 Å². The molecular formula is C21H19BrN4OS2. The Morgan fingerprint density at radius 1 is 1.14 bits per heavy atom. The van der Waals surface area contributed by atoms with Crippen LogP contribution in [-0.2, 0) is 19.4 Å². The van der Waals surface area contributed by atoms with E-state index in [0.717, 1.165) is 43.2 Å². The molecule has 0 aliphatic heterocycles. The fourth-order valence-corrected chi connectivity index (χ4v) is 4.71. The molecule has 4 rings (SSSR count). The predicted molar refractivity (Wildman–Crippen MR) is 121 cm³/mol. The van der Waals surface area contributed by atoms with E-state index in [9.17, 15) is 0 Å². The Kier molecular flexibility index (Phi) is 6.32. The number of rotatable bonds is 7. The second-order valence-corrected chi connectivity index (χ2v) is 9.22.